The van der Waals surface area contributed by atoms with Crippen molar-refractivity contribution in [3.8, 4) is 11.5 Å². The second-order valence-corrected chi connectivity index (χ2v) is 6.67. The van der Waals surface area contributed by atoms with Crippen LogP contribution in [0.15, 0.2) is 12.1 Å². The zero-order chi connectivity index (χ0) is 14.7. The molecule has 1 aromatic carbocycles. The van der Waals surface area contributed by atoms with Crippen molar-refractivity contribution in [3.63, 3.8) is 0 Å². The number of hydrogen-bond donors (Lipinski definition) is 0. The summed E-state index contributed by atoms with van der Waals surface area (Å²) >= 11 is 0. The number of methoxy groups -OCH3 is 2. The average Bonchev–Trinajstić information content (AvgIpc) is 3.07. The summed E-state index contributed by atoms with van der Waals surface area (Å²) < 4.78 is 11.0. The zero-order valence-electron chi connectivity index (χ0n) is 12.9. The van der Waals surface area contributed by atoms with Crippen molar-refractivity contribution in [2.75, 3.05) is 14.2 Å². The molecule has 20 heavy (non-hydrogen) atoms. The van der Waals surface area contributed by atoms with Crippen molar-refractivity contribution in [1.82, 2.24) is 0 Å². The van der Waals surface area contributed by atoms with Gasteiger partial charge < -0.3 is 9.47 Å². The average molecular weight is 274 g/mol. The molecular formula is C17H22O3. The number of aryl methyl sites for hydroxylation is 1. The fraction of sp³-hybridized carbons (Fsp3) is 0.588. The van der Waals surface area contributed by atoms with Gasteiger partial charge in [-0.05, 0) is 36.5 Å². The molecule has 3 atom stereocenters. The lowest BCUT2D eigenvalue weighted by molar-refractivity contribution is -0.119. The van der Waals surface area contributed by atoms with Gasteiger partial charge in [0, 0.05) is 23.3 Å². The van der Waals surface area contributed by atoms with Crippen LogP contribution in [-0.4, -0.2) is 20.0 Å². The molecule has 2 aliphatic carbocycles. The third kappa shape index (κ3) is 1.49. The fourth-order valence-electron chi connectivity index (χ4n) is 4.00. The molecule has 2 aliphatic rings. The van der Waals surface area contributed by atoms with Crippen LogP contribution in [0.25, 0.3) is 0 Å². The number of benzene rings is 1. The third-order valence-electron chi connectivity index (χ3n) is 5.73. The second-order valence-electron chi connectivity index (χ2n) is 6.67. The normalized spacial score (nSPS) is 34.9. The Kier molecular flexibility index (Phi) is 2.69. The summed E-state index contributed by atoms with van der Waals surface area (Å²) in [7, 11) is 3.37. The van der Waals surface area contributed by atoms with Gasteiger partial charge in [0.15, 0.2) is 0 Å². The molecule has 0 spiro atoms. The Hall–Kier alpha value is -1.51. The highest BCUT2D eigenvalue weighted by atomic mass is 16.5. The number of carbonyl (C=O) groups excluding carboxylic acids is 1. The van der Waals surface area contributed by atoms with Crippen LogP contribution in [0.1, 0.15) is 37.8 Å². The van der Waals surface area contributed by atoms with Crippen LogP contribution in [0.5, 0.6) is 11.5 Å². The largest absolute Gasteiger partial charge is 0.496 e. The lowest BCUT2D eigenvalue weighted by Crippen LogP contribution is -2.30. The first-order valence-electron chi connectivity index (χ1n) is 7.13. The van der Waals surface area contributed by atoms with E-state index >= 15 is 0 Å². The molecule has 2 saturated carbocycles. The molecule has 0 aliphatic heterocycles. The van der Waals surface area contributed by atoms with Crippen LogP contribution in [0.2, 0.25) is 0 Å². The molecule has 0 amide bonds. The Labute approximate surface area is 120 Å². The molecule has 0 bridgehead atoms. The van der Waals surface area contributed by atoms with Crippen LogP contribution in [0.4, 0.5) is 0 Å². The van der Waals surface area contributed by atoms with Crippen LogP contribution < -0.4 is 9.47 Å². The maximum absolute atomic E-state index is 12.2. The first-order chi connectivity index (χ1) is 9.37. The van der Waals surface area contributed by atoms with E-state index in [1.807, 2.05) is 13.0 Å². The lowest BCUT2D eigenvalue weighted by Gasteiger charge is -2.34. The molecular weight excluding hydrogens is 252 g/mol. The van der Waals surface area contributed by atoms with Crippen molar-refractivity contribution in [3.05, 3.63) is 23.3 Å². The van der Waals surface area contributed by atoms with E-state index in [-0.39, 0.29) is 16.7 Å². The van der Waals surface area contributed by atoms with E-state index < -0.39 is 0 Å². The zero-order valence-corrected chi connectivity index (χ0v) is 12.9. The van der Waals surface area contributed by atoms with Gasteiger partial charge in [0.05, 0.1) is 14.2 Å². The van der Waals surface area contributed by atoms with Gasteiger partial charge >= 0.3 is 0 Å². The molecule has 0 saturated heterocycles. The number of ether oxygens (including phenoxy) is 2. The predicted molar refractivity (Wildman–Crippen MR) is 77.5 cm³/mol. The molecule has 2 fully saturated rings. The monoisotopic (exact) mass is 274 g/mol. The number of Topliss-reactive ketones (excluding diaryl/α,β-unsaturated/α-hetero) is 1. The van der Waals surface area contributed by atoms with E-state index in [0.717, 1.165) is 29.0 Å². The molecule has 3 heteroatoms. The summed E-state index contributed by atoms with van der Waals surface area (Å²) in [5, 5.41) is 0. The highest BCUT2D eigenvalue weighted by molar-refractivity contribution is 5.91. The van der Waals surface area contributed by atoms with Gasteiger partial charge in [-0.15, -0.1) is 0 Å². The number of fused-ring (bicyclic) bond motifs is 1. The van der Waals surface area contributed by atoms with Gasteiger partial charge in [0.1, 0.15) is 17.3 Å². The standard InChI is InChI=1S/C17H22O3/c1-10-6-15(20-5)11(7-14(10)19-4)17(3)9-13(18)12-8-16(12,17)2/h6-7,12H,8-9H2,1-5H3. The first-order valence-corrected chi connectivity index (χ1v) is 7.13. The van der Waals surface area contributed by atoms with Crippen molar-refractivity contribution in [2.24, 2.45) is 11.3 Å². The van der Waals surface area contributed by atoms with Crippen LogP contribution in [0, 0.1) is 18.3 Å². The van der Waals surface area contributed by atoms with E-state index in [1.54, 1.807) is 14.2 Å². The van der Waals surface area contributed by atoms with Gasteiger partial charge in [-0.3, -0.25) is 4.79 Å². The summed E-state index contributed by atoms with van der Waals surface area (Å²) in [6, 6.07) is 4.08. The van der Waals surface area contributed by atoms with E-state index in [1.165, 1.54) is 0 Å². The number of ketones is 1. The summed E-state index contributed by atoms with van der Waals surface area (Å²) in [5.74, 6) is 2.37. The van der Waals surface area contributed by atoms with Crippen LogP contribution >= 0.6 is 0 Å². The van der Waals surface area contributed by atoms with Crippen molar-refractivity contribution >= 4 is 5.78 Å². The van der Waals surface area contributed by atoms with E-state index in [9.17, 15) is 4.79 Å². The molecule has 0 radical (unpaired) electrons. The molecule has 0 heterocycles. The molecule has 3 rings (SSSR count). The summed E-state index contributed by atoms with van der Waals surface area (Å²) in [5.41, 5.74) is 2.09. The number of rotatable bonds is 3. The molecule has 3 unspecified atom stereocenters. The minimum Gasteiger partial charge on any atom is -0.496 e. The number of hydrogen-bond acceptors (Lipinski definition) is 3. The van der Waals surface area contributed by atoms with E-state index in [2.05, 4.69) is 19.9 Å². The van der Waals surface area contributed by atoms with Crippen molar-refractivity contribution in [1.29, 1.82) is 0 Å². The summed E-state index contributed by atoms with van der Waals surface area (Å²) in [4.78, 5) is 12.2. The van der Waals surface area contributed by atoms with Gasteiger partial charge in [0.25, 0.3) is 0 Å². The quantitative estimate of drug-likeness (QED) is 0.848. The van der Waals surface area contributed by atoms with Gasteiger partial charge in [-0.2, -0.15) is 0 Å². The van der Waals surface area contributed by atoms with Gasteiger partial charge in [-0.1, -0.05) is 13.8 Å². The minimum absolute atomic E-state index is 0.0810. The Morgan fingerprint density at radius 2 is 1.80 bits per heavy atom. The minimum atomic E-state index is -0.152. The van der Waals surface area contributed by atoms with E-state index in [4.69, 9.17) is 9.47 Å². The van der Waals surface area contributed by atoms with Crippen LogP contribution in [-0.2, 0) is 10.2 Å². The molecule has 108 valence electrons. The second kappa shape index (κ2) is 4.00. The molecule has 0 N–H and O–H groups in total. The SMILES string of the molecule is COc1cc(C2(C)CC(=O)C3CC32C)c(OC)cc1C. The van der Waals surface area contributed by atoms with Crippen LogP contribution in [0.3, 0.4) is 0 Å². The van der Waals surface area contributed by atoms with Crippen molar-refractivity contribution in [2.45, 2.75) is 39.0 Å². The first kappa shape index (κ1) is 13.5. The van der Waals surface area contributed by atoms with Gasteiger partial charge in [-0.25, -0.2) is 0 Å². The van der Waals surface area contributed by atoms with Gasteiger partial charge in [0.2, 0.25) is 0 Å². The Morgan fingerprint density at radius 3 is 2.25 bits per heavy atom. The Balaban J connectivity index is 2.17. The van der Waals surface area contributed by atoms with E-state index in [0.29, 0.717) is 12.2 Å². The smallest absolute Gasteiger partial charge is 0.137 e. The highest BCUT2D eigenvalue weighted by Gasteiger charge is 2.70. The molecule has 3 nitrogen and oxygen atoms in total. The molecule has 1 aromatic rings. The maximum atomic E-state index is 12.2. The fourth-order valence-corrected chi connectivity index (χ4v) is 4.00. The predicted octanol–water partition coefficient (Wildman–Crippen LogP) is 3.27. The third-order valence-corrected chi connectivity index (χ3v) is 5.73. The molecule has 0 aromatic heterocycles. The summed E-state index contributed by atoms with van der Waals surface area (Å²) in [6.07, 6.45) is 1.61. The lowest BCUT2D eigenvalue weighted by atomic mass is 9.70. The Morgan fingerprint density at radius 1 is 1.15 bits per heavy atom. The highest BCUT2D eigenvalue weighted by Crippen LogP contribution is 2.71. The topological polar surface area (TPSA) is 35.5 Å². The maximum Gasteiger partial charge on any atom is 0.137 e. The Bertz CT molecular complexity index is 592. The van der Waals surface area contributed by atoms with Crippen molar-refractivity contribution < 1.29 is 14.3 Å². The number of carbonyl (C=O) groups is 1. The summed E-state index contributed by atoms with van der Waals surface area (Å²) in [6.45, 7) is 6.44.